The third-order valence-electron chi connectivity index (χ3n) is 3.10. The summed E-state index contributed by atoms with van der Waals surface area (Å²) < 4.78 is 28.2. The lowest BCUT2D eigenvalue weighted by molar-refractivity contribution is 0.542. The van der Waals surface area contributed by atoms with Gasteiger partial charge >= 0.3 is 0 Å². The van der Waals surface area contributed by atoms with Gasteiger partial charge in [0.15, 0.2) is 0 Å². The van der Waals surface area contributed by atoms with Gasteiger partial charge in [0.25, 0.3) is 0 Å². The SMILES string of the molecule is CC(NCCc1nccn1C)c1cc(F)cc(F)c1. The zero-order chi connectivity index (χ0) is 13.8. The van der Waals surface area contributed by atoms with Crippen LogP contribution in [0, 0.1) is 11.6 Å². The van der Waals surface area contributed by atoms with Gasteiger partial charge in [-0.2, -0.15) is 0 Å². The molecule has 1 aromatic carbocycles. The van der Waals surface area contributed by atoms with Gasteiger partial charge in [-0.25, -0.2) is 13.8 Å². The fourth-order valence-electron chi connectivity index (χ4n) is 1.98. The second kappa shape index (κ2) is 5.93. The topological polar surface area (TPSA) is 29.9 Å². The van der Waals surface area contributed by atoms with Crippen molar-refractivity contribution in [2.75, 3.05) is 6.54 Å². The smallest absolute Gasteiger partial charge is 0.126 e. The highest BCUT2D eigenvalue weighted by Gasteiger charge is 2.08. The Balaban J connectivity index is 1.90. The Morgan fingerprint density at radius 1 is 1.26 bits per heavy atom. The van der Waals surface area contributed by atoms with Gasteiger partial charge in [0.05, 0.1) is 0 Å². The van der Waals surface area contributed by atoms with Gasteiger partial charge in [-0.05, 0) is 24.6 Å². The molecule has 1 aromatic heterocycles. The maximum Gasteiger partial charge on any atom is 0.126 e. The van der Waals surface area contributed by atoms with Crippen LogP contribution < -0.4 is 5.32 Å². The van der Waals surface area contributed by atoms with Crippen molar-refractivity contribution >= 4 is 0 Å². The van der Waals surface area contributed by atoms with Crippen molar-refractivity contribution in [3.05, 3.63) is 53.6 Å². The first-order chi connectivity index (χ1) is 9.06. The monoisotopic (exact) mass is 265 g/mol. The molecular formula is C14H17F2N3. The Bertz CT molecular complexity index is 531. The Morgan fingerprint density at radius 3 is 2.53 bits per heavy atom. The van der Waals surface area contributed by atoms with E-state index in [1.807, 2.05) is 24.7 Å². The minimum absolute atomic E-state index is 0.106. The summed E-state index contributed by atoms with van der Waals surface area (Å²) in [5.74, 6) is -0.120. The van der Waals surface area contributed by atoms with E-state index in [9.17, 15) is 8.78 Å². The van der Waals surface area contributed by atoms with E-state index in [2.05, 4.69) is 10.3 Å². The van der Waals surface area contributed by atoms with Crippen molar-refractivity contribution in [2.45, 2.75) is 19.4 Å². The molecule has 0 fully saturated rings. The Morgan fingerprint density at radius 2 is 1.95 bits per heavy atom. The average Bonchev–Trinajstić information content (AvgIpc) is 2.74. The summed E-state index contributed by atoms with van der Waals surface area (Å²) in [6.45, 7) is 2.58. The van der Waals surface area contributed by atoms with Gasteiger partial charge in [0.2, 0.25) is 0 Å². The molecule has 5 heteroatoms. The molecule has 0 spiro atoms. The Labute approximate surface area is 111 Å². The molecule has 0 aliphatic heterocycles. The quantitative estimate of drug-likeness (QED) is 0.900. The fraction of sp³-hybridized carbons (Fsp3) is 0.357. The summed E-state index contributed by atoms with van der Waals surface area (Å²) in [6, 6.07) is 3.47. The number of hydrogen-bond donors (Lipinski definition) is 1. The van der Waals surface area contributed by atoms with Crippen LogP contribution in [0.4, 0.5) is 8.78 Å². The maximum atomic E-state index is 13.1. The molecule has 0 saturated heterocycles. The number of benzene rings is 1. The van der Waals surface area contributed by atoms with Gasteiger partial charge in [0.1, 0.15) is 17.5 Å². The van der Waals surface area contributed by atoms with E-state index >= 15 is 0 Å². The van der Waals surface area contributed by atoms with E-state index in [0.29, 0.717) is 12.1 Å². The highest BCUT2D eigenvalue weighted by atomic mass is 19.1. The lowest BCUT2D eigenvalue weighted by Crippen LogP contribution is -2.22. The van der Waals surface area contributed by atoms with Crippen molar-refractivity contribution in [2.24, 2.45) is 7.05 Å². The van der Waals surface area contributed by atoms with Crippen molar-refractivity contribution in [1.82, 2.24) is 14.9 Å². The van der Waals surface area contributed by atoms with Crippen LogP contribution in [0.15, 0.2) is 30.6 Å². The number of nitrogens with one attached hydrogen (secondary N) is 1. The highest BCUT2D eigenvalue weighted by Crippen LogP contribution is 2.15. The van der Waals surface area contributed by atoms with Gasteiger partial charge < -0.3 is 9.88 Å². The lowest BCUT2D eigenvalue weighted by Gasteiger charge is -2.14. The molecule has 0 radical (unpaired) electrons. The number of aromatic nitrogens is 2. The van der Waals surface area contributed by atoms with Crippen molar-refractivity contribution in [3.8, 4) is 0 Å². The normalized spacial score (nSPS) is 12.6. The van der Waals surface area contributed by atoms with Crippen molar-refractivity contribution in [1.29, 1.82) is 0 Å². The minimum atomic E-state index is -0.548. The maximum absolute atomic E-state index is 13.1. The van der Waals surface area contributed by atoms with Crippen LogP contribution >= 0.6 is 0 Å². The molecule has 19 heavy (non-hydrogen) atoms. The lowest BCUT2D eigenvalue weighted by atomic mass is 10.1. The second-order valence-corrected chi connectivity index (χ2v) is 4.58. The average molecular weight is 265 g/mol. The number of imidazole rings is 1. The van der Waals surface area contributed by atoms with E-state index in [1.54, 1.807) is 6.20 Å². The Kier molecular flexibility index (Phi) is 4.27. The summed E-state index contributed by atoms with van der Waals surface area (Å²) in [4.78, 5) is 4.22. The van der Waals surface area contributed by atoms with Crippen LogP contribution in [-0.4, -0.2) is 16.1 Å². The first-order valence-corrected chi connectivity index (χ1v) is 6.22. The van der Waals surface area contributed by atoms with E-state index in [-0.39, 0.29) is 6.04 Å². The van der Waals surface area contributed by atoms with Gasteiger partial charge in [-0.15, -0.1) is 0 Å². The second-order valence-electron chi connectivity index (χ2n) is 4.58. The van der Waals surface area contributed by atoms with Gasteiger partial charge in [0, 0.05) is 44.5 Å². The van der Waals surface area contributed by atoms with Crippen LogP contribution in [-0.2, 0) is 13.5 Å². The van der Waals surface area contributed by atoms with Crippen molar-refractivity contribution < 1.29 is 8.78 Å². The van der Waals surface area contributed by atoms with E-state index in [0.717, 1.165) is 18.3 Å². The summed E-state index contributed by atoms with van der Waals surface area (Å²) in [5, 5.41) is 3.23. The largest absolute Gasteiger partial charge is 0.338 e. The van der Waals surface area contributed by atoms with E-state index in [1.165, 1.54) is 12.1 Å². The molecule has 1 heterocycles. The number of hydrogen-bond acceptors (Lipinski definition) is 2. The molecule has 0 amide bonds. The molecule has 102 valence electrons. The molecule has 1 unspecified atom stereocenters. The first kappa shape index (κ1) is 13.7. The molecule has 0 aliphatic rings. The standard InChI is InChI=1S/C14H17F2N3/c1-10(11-7-12(15)9-13(16)8-11)17-4-3-14-18-5-6-19(14)2/h5-10,17H,3-4H2,1-2H3. The Hall–Kier alpha value is -1.75. The number of rotatable bonds is 5. The molecule has 0 saturated carbocycles. The van der Waals surface area contributed by atoms with Crippen LogP contribution in [0.1, 0.15) is 24.4 Å². The zero-order valence-corrected chi connectivity index (χ0v) is 11.0. The molecule has 1 N–H and O–H groups in total. The zero-order valence-electron chi connectivity index (χ0n) is 11.0. The van der Waals surface area contributed by atoms with Crippen LogP contribution in [0.25, 0.3) is 0 Å². The molecule has 2 aromatic rings. The predicted octanol–water partition coefficient (Wildman–Crippen LogP) is 2.59. The van der Waals surface area contributed by atoms with Crippen LogP contribution in [0.5, 0.6) is 0 Å². The number of halogens is 2. The van der Waals surface area contributed by atoms with Crippen LogP contribution in [0.2, 0.25) is 0 Å². The van der Waals surface area contributed by atoms with E-state index in [4.69, 9.17) is 0 Å². The fourth-order valence-corrected chi connectivity index (χ4v) is 1.98. The minimum Gasteiger partial charge on any atom is -0.338 e. The molecular weight excluding hydrogens is 248 g/mol. The number of nitrogens with zero attached hydrogens (tertiary/aromatic N) is 2. The summed E-state index contributed by atoms with van der Waals surface area (Å²) in [7, 11) is 1.94. The highest BCUT2D eigenvalue weighted by molar-refractivity contribution is 5.20. The third-order valence-corrected chi connectivity index (χ3v) is 3.10. The van der Waals surface area contributed by atoms with Gasteiger partial charge in [-0.1, -0.05) is 0 Å². The predicted molar refractivity (Wildman–Crippen MR) is 69.7 cm³/mol. The molecule has 2 rings (SSSR count). The summed E-state index contributed by atoms with van der Waals surface area (Å²) in [5.41, 5.74) is 0.609. The van der Waals surface area contributed by atoms with Crippen molar-refractivity contribution in [3.63, 3.8) is 0 Å². The first-order valence-electron chi connectivity index (χ1n) is 6.22. The third kappa shape index (κ3) is 3.61. The molecule has 1 atom stereocenters. The van der Waals surface area contributed by atoms with E-state index < -0.39 is 11.6 Å². The van der Waals surface area contributed by atoms with Crippen LogP contribution in [0.3, 0.4) is 0 Å². The molecule has 3 nitrogen and oxygen atoms in total. The number of aryl methyl sites for hydroxylation is 1. The molecule has 0 bridgehead atoms. The van der Waals surface area contributed by atoms with Gasteiger partial charge in [-0.3, -0.25) is 0 Å². The summed E-state index contributed by atoms with van der Waals surface area (Å²) >= 11 is 0. The summed E-state index contributed by atoms with van der Waals surface area (Å²) in [6.07, 6.45) is 4.41. The molecule has 0 aliphatic carbocycles.